The van der Waals surface area contributed by atoms with Crippen molar-refractivity contribution in [1.29, 1.82) is 0 Å². The second kappa shape index (κ2) is 7.67. The summed E-state index contributed by atoms with van der Waals surface area (Å²) in [4.78, 5) is 11.3. The molecule has 0 aliphatic carbocycles. The Hall–Kier alpha value is -0.700. The lowest BCUT2D eigenvalue weighted by atomic mass is 10.4. The molecule has 0 bridgehead atoms. The Morgan fingerprint density at radius 1 is 1.33 bits per heavy atom. The van der Waals surface area contributed by atoms with Gasteiger partial charge in [-0.25, -0.2) is 8.42 Å². The van der Waals surface area contributed by atoms with E-state index in [9.17, 15) is 13.2 Å². The van der Waals surface area contributed by atoms with Crippen molar-refractivity contribution in [3.63, 3.8) is 0 Å². The van der Waals surface area contributed by atoms with Crippen LogP contribution in [0.15, 0.2) is 0 Å². The number of morpholine rings is 1. The number of carbonyl (C=O) groups excluding carboxylic acids is 1. The summed E-state index contributed by atoms with van der Waals surface area (Å²) >= 11 is 0. The summed E-state index contributed by atoms with van der Waals surface area (Å²) in [5, 5.41) is 11.1. The third-order valence-electron chi connectivity index (χ3n) is 2.61. The molecule has 0 aromatic carbocycles. The lowest BCUT2D eigenvalue weighted by Gasteiger charge is -2.25. The minimum atomic E-state index is -3.37. The first-order valence-electron chi connectivity index (χ1n) is 5.99. The van der Waals surface area contributed by atoms with E-state index in [2.05, 4.69) is 5.32 Å². The van der Waals surface area contributed by atoms with E-state index in [0.717, 1.165) is 0 Å². The fourth-order valence-electron chi connectivity index (χ4n) is 1.57. The number of nitrogens with one attached hydrogen (secondary N) is 1. The van der Waals surface area contributed by atoms with Crippen LogP contribution in [0.1, 0.15) is 12.8 Å². The summed E-state index contributed by atoms with van der Waals surface area (Å²) in [5.74, 6) is -0.488. The Morgan fingerprint density at radius 2 is 2.00 bits per heavy atom. The zero-order valence-electron chi connectivity index (χ0n) is 10.3. The topological polar surface area (TPSA) is 95.9 Å². The SMILES string of the molecule is O=C(CCS(=O)(=O)N1CCOCC1)NCCCO. The van der Waals surface area contributed by atoms with Crippen LogP contribution in [0.4, 0.5) is 0 Å². The molecule has 1 amide bonds. The molecule has 0 unspecified atom stereocenters. The van der Waals surface area contributed by atoms with E-state index in [1.54, 1.807) is 0 Å². The highest BCUT2D eigenvalue weighted by atomic mass is 32.2. The molecule has 0 saturated carbocycles. The van der Waals surface area contributed by atoms with Crippen molar-refractivity contribution in [3.05, 3.63) is 0 Å². The van der Waals surface area contributed by atoms with Crippen LogP contribution in [-0.2, 0) is 19.6 Å². The fourth-order valence-corrected chi connectivity index (χ4v) is 2.98. The smallest absolute Gasteiger partial charge is 0.221 e. The predicted molar refractivity (Wildman–Crippen MR) is 65.5 cm³/mol. The molecule has 1 fully saturated rings. The van der Waals surface area contributed by atoms with Gasteiger partial charge in [-0.05, 0) is 6.42 Å². The Bertz CT molecular complexity index is 351. The van der Waals surface area contributed by atoms with Gasteiger partial charge in [0.1, 0.15) is 0 Å². The minimum Gasteiger partial charge on any atom is -0.396 e. The number of amides is 1. The first-order valence-corrected chi connectivity index (χ1v) is 7.60. The van der Waals surface area contributed by atoms with Crippen LogP contribution in [0.5, 0.6) is 0 Å². The van der Waals surface area contributed by atoms with Gasteiger partial charge in [-0.2, -0.15) is 4.31 Å². The van der Waals surface area contributed by atoms with Gasteiger partial charge in [0.2, 0.25) is 15.9 Å². The normalized spacial score (nSPS) is 17.6. The van der Waals surface area contributed by atoms with Crippen LogP contribution in [0.25, 0.3) is 0 Å². The maximum Gasteiger partial charge on any atom is 0.221 e. The molecule has 106 valence electrons. The Labute approximate surface area is 107 Å². The van der Waals surface area contributed by atoms with Gasteiger partial charge < -0.3 is 15.2 Å². The standard InChI is InChI=1S/C10H20N2O5S/c13-6-1-3-11-10(14)2-9-18(15,16)12-4-7-17-8-5-12/h13H,1-9H2,(H,11,14). The molecule has 8 heteroatoms. The van der Waals surface area contributed by atoms with Crippen molar-refractivity contribution < 1.29 is 23.1 Å². The summed E-state index contributed by atoms with van der Waals surface area (Å²) in [6.45, 7) is 1.89. The number of nitrogens with zero attached hydrogens (tertiary/aromatic N) is 1. The molecule has 1 saturated heterocycles. The molecular formula is C10H20N2O5S. The highest BCUT2D eigenvalue weighted by molar-refractivity contribution is 7.89. The molecule has 0 spiro atoms. The van der Waals surface area contributed by atoms with Gasteiger partial charge in [0, 0.05) is 32.7 Å². The van der Waals surface area contributed by atoms with Gasteiger partial charge in [0.05, 0.1) is 19.0 Å². The first kappa shape index (κ1) is 15.4. The molecule has 2 N–H and O–H groups in total. The van der Waals surface area contributed by atoms with Gasteiger partial charge >= 0.3 is 0 Å². The number of sulfonamides is 1. The molecule has 1 aliphatic rings. The average molecular weight is 280 g/mol. The molecule has 0 radical (unpaired) electrons. The predicted octanol–water partition coefficient (Wildman–Crippen LogP) is -1.46. The average Bonchev–Trinajstić information content (AvgIpc) is 2.38. The number of aliphatic hydroxyl groups excluding tert-OH is 1. The van der Waals surface area contributed by atoms with Gasteiger partial charge in [-0.3, -0.25) is 4.79 Å². The van der Waals surface area contributed by atoms with Crippen LogP contribution in [0.2, 0.25) is 0 Å². The van der Waals surface area contributed by atoms with Crippen LogP contribution >= 0.6 is 0 Å². The van der Waals surface area contributed by atoms with Gasteiger partial charge in [-0.1, -0.05) is 0 Å². The molecular weight excluding hydrogens is 260 g/mol. The van der Waals surface area contributed by atoms with Crippen molar-refractivity contribution in [1.82, 2.24) is 9.62 Å². The van der Waals surface area contributed by atoms with Crippen molar-refractivity contribution in [2.45, 2.75) is 12.8 Å². The molecule has 0 atom stereocenters. The first-order chi connectivity index (χ1) is 8.56. The fraction of sp³-hybridized carbons (Fsp3) is 0.900. The lowest BCUT2D eigenvalue weighted by molar-refractivity contribution is -0.120. The summed E-state index contributed by atoms with van der Waals surface area (Å²) in [6.07, 6.45) is 0.424. The summed E-state index contributed by atoms with van der Waals surface area (Å²) in [5.41, 5.74) is 0. The monoisotopic (exact) mass is 280 g/mol. The van der Waals surface area contributed by atoms with Crippen molar-refractivity contribution >= 4 is 15.9 Å². The molecule has 18 heavy (non-hydrogen) atoms. The number of ether oxygens (including phenoxy) is 1. The number of rotatable bonds is 7. The van der Waals surface area contributed by atoms with E-state index in [1.807, 2.05) is 0 Å². The third-order valence-corrected chi connectivity index (χ3v) is 4.48. The maximum absolute atomic E-state index is 11.9. The van der Waals surface area contributed by atoms with Crippen LogP contribution in [-0.4, -0.2) is 68.9 Å². The summed E-state index contributed by atoms with van der Waals surface area (Å²) < 4.78 is 30.2. The van der Waals surface area contributed by atoms with E-state index < -0.39 is 10.0 Å². The zero-order chi connectivity index (χ0) is 13.4. The molecule has 1 rings (SSSR count). The zero-order valence-corrected chi connectivity index (χ0v) is 11.1. The molecule has 0 aromatic rings. The molecule has 1 heterocycles. The van der Waals surface area contributed by atoms with E-state index in [4.69, 9.17) is 9.84 Å². The number of hydrogen-bond acceptors (Lipinski definition) is 5. The Kier molecular flexibility index (Phi) is 6.55. The van der Waals surface area contributed by atoms with Gasteiger partial charge in [0.25, 0.3) is 0 Å². The number of carbonyl (C=O) groups is 1. The van der Waals surface area contributed by atoms with E-state index in [-0.39, 0.29) is 24.7 Å². The quantitative estimate of drug-likeness (QED) is 0.556. The van der Waals surface area contributed by atoms with Crippen molar-refractivity contribution in [3.8, 4) is 0 Å². The van der Waals surface area contributed by atoms with Crippen LogP contribution < -0.4 is 5.32 Å². The van der Waals surface area contributed by atoms with E-state index >= 15 is 0 Å². The van der Waals surface area contributed by atoms with Crippen molar-refractivity contribution in [2.75, 3.05) is 45.2 Å². The van der Waals surface area contributed by atoms with Crippen LogP contribution in [0, 0.1) is 0 Å². The van der Waals surface area contributed by atoms with E-state index in [0.29, 0.717) is 39.3 Å². The summed E-state index contributed by atoms with van der Waals surface area (Å²) in [6, 6.07) is 0. The Balaban J connectivity index is 2.30. The molecule has 0 aromatic heterocycles. The lowest BCUT2D eigenvalue weighted by Crippen LogP contribution is -2.42. The van der Waals surface area contributed by atoms with Gasteiger partial charge in [0.15, 0.2) is 0 Å². The highest BCUT2D eigenvalue weighted by Crippen LogP contribution is 2.06. The summed E-state index contributed by atoms with van der Waals surface area (Å²) in [7, 11) is -3.37. The van der Waals surface area contributed by atoms with Gasteiger partial charge in [-0.15, -0.1) is 0 Å². The molecule has 1 aliphatic heterocycles. The number of aliphatic hydroxyl groups is 1. The van der Waals surface area contributed by atoms with Crippen LogP contribution in [0.3, 0.4) is 0 Å². The minimum absolute atomic E-state index is 0.00631. The molecule has 7 nitrogen and oxygen atoms in total. The highest BCUT2D eigenvalue weighted by Gasteiger charge is 2.24. The second-order valence-electron chi connectivity index (χ2n) is 4.00. The maximum atomic E-state index is 11.9. The largest absolute Gasteiger partial charge is 0.396 e. The van der Waals surface area contributed by atoms with Crippen molar-refractivity contribution in [2.24, 2.45) is 0 Å². The third kappa shape index (κ3) is 5.30. The van der Waals surface area contributed by atoms with E-state index in [1.165, 1.54) is 4.31 Å². The Morgan fingerprint density at radius 3 is 2.61 bits per heavy atom. The number of hydrogen-bond donors (Lipinski definition) is 2. The second-order valence-corrected chi connectivity index (χ2v) is 6.09.